The summed E-state index contributed by atoms with van der Waals surface area (Å²) in [6.07, 6.45) is -4.70. The van der Waals surface area contributed by atoms with Crippen molar-refractivity contribution in [2.75, 3.05) is 23.3 Å². The van der Waals surface area contributed by atoms with Gasteiger partial charge in [0.15, 0.2) is 5.82 Å². The molecule has 0 bridgehead atoms. The van der Waals surface area contributed by atoms with Gasteiger partial charge in [0.05, 0.1) is 17.4 Å². The average molecular weight is 402 g/mol. The van der Waals surface area contributed by atoms with Crippen LogP contribution in [0.1, 0.15) is 22.4 Å². The minimum atomic E-state index is -4.38. The van der Waals surface area contributed by atoms with Gasteiger partial charge in [-0.15, -0.1) is 5.10 Å². The molecule has 1 aliphatic rings. The van der Waals surface area contributed by atoms with Crippen LogP contribution in [0, 0.1) is 13.8 Å². The molecular weight excluding hydrogens is 381 g/mol. The number of fused-ring (bicyclic) bond motifs is 1. The van der Waals surface area contributed by atoms with Crippen molar-refractivity contribution in [1.29, 1.82) is 0 Å². The molecule has 8 heteroatoms. The van der Waals surface area contributed by atoms with Gasteiger partial charge in [0.2, 0.25) is 0 Å². The SMILES string of the molecule is Cc1c(CNc2nnc(C)c3ccc(N4CC(O)C4)cc23)cccc1C(F)(F)F. The lowest BCUT2D eigenvalue weighted by Gasteiger charge is -2.38. The second kappa shape index (κ2) is 7.18. The molecule has 2 N–H and O–H groups in total. The third kappa shape index (κ3) is 3.72. The maximum absolute atomic E-state index is 13.2. The van der Waals surface area contributed by atoms with Crippen LogP contribution in [0.2, 0.25) is 0 Å². The largest absolute Gasteiger partial charge is 0.416 e. The average Bonchev–Trinajstić information content (AvgIpc) is 2.65. The van der Waals surface area contributed by atoms with Crippen LogP contribution >= 0.6 is 0 Å². The van der Waals surface area contributed by atoms with E-state index in [4.69, 9.17) is 0 Å². The van der Waals surface area contributed by atoms with Crippen molar-refractivity contribution in [1.82, 2.24) is 10.2 Å². The quantitative estimate of drug-likeness (QED) is 0.689. The van der Waals surface area contributed by atoms with Crippen LogP contribution < -0.4 is 10.2 Å². The topological polar surface area (TPSA) is 61.3 Å². The van der Waals surface area contributed by atoms with Crippen LogP contribution in [0.15, 0.2) is 36.4 Å². The molecule has 0 atom stereocenters. The van der Waals surface area contributed by atoms with Crippen molar-refractivity contribution in [2.45, 2.75) is 32.7 Å². The number of hydrogen-bond acceptors (Lipinski definition) is 5. The number of benzene rings is 2. The second-order valence-electron chi connectivity index (χ2n) is 7.36. The Hall–Kier alpha value is -2.87. The molecule has 1 aliphatic heterocycles. The fourth-order valence-corrected chi connectivity index (χ4v) is 3.63. The Balaban J connectivity index is 1.65. The molecule has 0 aliphatic carbocycles. The lowest BCUT2D eigenvalue weighted by Crippen LogP contribution is -2.50. The number of aryl methyl sites for hydroxylation is 1. The number of alkyl halides is 3. The van der Waals surface area contributed by atoms with E-state index in [9.17, 15) is 18.3 Å². The van der Waals surface area contributed by atoms with E-state index in [1.54, 1.807) is 6.07 Å². The van der Waals surface area contributed by atoms with Gasteiger partial charge in [-0.3, -0.25) is 0 Å². The Bertz CT molecular complexity index is 1060. The molecule has 1 aromatic heterocycles. The van der Waals surface area contributed by atoms with Gasteiger partial charge < -0.3 is 15.3 Å². The first-order chi connectivity index (χ1) is 13.7. The van der Waals surface area contributed by atoms with Gasteiger partial charge in [0, 0.05) is 36.1 Å². The summed E-state index contributed by atoms with van der Waals surface area (Å²) in [5.74, 6) is 0.519. The van der Waals surface area contributed by atoms with Gasteiger partial charge >= 0.3 is 6.18 Å². The van der Waals surface area contributed by atoms with Crippen LogP contribution in [0.4, 0.5) is 24.7 Å². The highest BCUT2D eigenvalue weighted by molar-refractivity contribution is 5.95. The van der Waals surface area contributed by atoms with E-state index in [2.05, 4.69) is 20.4 Å². The fraction of sp³-hybridized carbons (Fsp3) is 0.333. The summed E-state index contributed by atoms with van der Waals surface area (Å²) in [5, 5.41) is 22.9. The minimum Gasteiger partial charge on any atom is -0.389 e. The second-order valence-corrected chi connectivity index (χ2v) is 7.36. The van der Waals surface area contributed by atoms with Gasteiger partial charge in [0.1, 0.15) is 0 Å². The minimum absolute atomic E-state index is 0.201. The number of halogens is 3. The van der Waals surface area contributed by atoms with Crippen molar-refractivity contribution < 1.29 is 18.3 Å². The zero-order chi connectivity index (χ0) is 20.8. The lowest BCUT2D eigenvalue weighted by molar-refractivity contribution is -0.138. The van der Waals surface area contributed by atoms with Crippen molar-refractivity contribution >= 4 is 22.3 Å². The summed E-state index contributed by atoms with van der Waals surface area (Å²) in [5.41, 5.74) is 1.87. The van der Waals surface area contributed by atoms with E-state index in [1.165, 1.54) is 13.0 Å². The lowest BCUT2D eigenvalue weighted by atomic mass is 10.0. The maximum Gasteiger partial charge on any atom is 0.416 e. The predicted octanol–water partition coefficient (Wildman–Crippen LogP) is 4.06. The Morgan fingerprint density at radius 1 is 1.10 bits per heavy atom. The molecule has 152 valence electrons. The van der Waals surface area contributed by atoms with Crippen molar-refractivity contribution in [2.24, 2.45) is 0 Å². The first-order valence-electron chi connectivity index (χ1n) is 9.33. The normalized spacial score (nSPS) is 14.9. The van der Waals surface area contributed by atoms with E-state index < -0.39 is 11.7 Å². The number of aliphatic hydroxyl groups excluding tert-OH is 1. The summed E-state index contributed by atoms with van der Waals surface area (Å²) in [6, 6.07) is 10.1. The Morgan fingerprint density at radius 2 is 1.86 bits per heavy atom. The molecule has 29 heavy (non-hydrogen) atoms. The number of aliphatic hydroxyl groups is 1. The Morgan fingerprint density at radius 3 is 2.55 bits per heavy atom. The highest BCUT2D eigenvalue weighted by Gasteiger charge is 2.32. The van der Waals surface area contributed by atoms with E-state index >= 15 is 0 Å². The van der Waals surface area contributed by atoms with Gasteiger partial charge in [0.25, 0.3) is 0 Å². The van der Waals surface area contributed by atoms with Crippen LogP contribution in [-0.2, 0) is 12.7 Å². The number of aromatic nitrogens is 2. The number of anilines is 2. The molecule has 0 saturated carbocycles. The zero-order valence-corrected chi connectivity index (χ0v) is 16.1. The van der Waals surface area contributed by atoms with Crippen molar-refractivity contribution in [3.8, 4) is 0 Å². The predicted molar refractivity (Wildman–Crippen MR) is 106 cm³/mol. The van der Waals surface area contributed by atoms with E-state index in [0.717, 1.165) is 28.2 Å². The van der Waals surface area contributed by atoms with Gasteiger partial charge in [-0.1, -0.05) is 18.2 Å². The first-order valence-corrected chi connectivity index (χ1v) is 9.33. The smallest absolute Gasteiger partial charge is 0.389 e. The monoisotopic (exact) mass is 402 g/mol. The van der Waals surface area contributed by atoms with Crippen LogP contribution in [0.25, 0.3) is 10.8 Å². The summed E-state index contributed by atoms with van der Waals surface area (Å²) in [4.78, 5) is 2.06. The summed E-state index contributed by atoms with van der Waals surface area (Å²) in [7, 11) is 0. The van der Waals surface area contributed by atoms with Crippen molar-refractivity contribution in [3.05, 3.63) is 58.8 Å². The molecule has 3 aromatic rings. The Kier molecular flexibility index (Phi) is 4.82. The van der Waals surface area contributed by atoms with Crippen LogP contribution in [-0.4, -0.2) is 34.5 Å². The standard InChI is InChI=1S/C21H21F3N4O/c1-12-14(4-3-5-19(12)21(22,23)24)9-25-20-18-8-15(28-10-16(29)11-28)6-7-17(18)13(2)26-27-20/h3-8,16,29H,9-11H2,1-2H3,(H,25,27). The van der Waals surface area contributed by atoms with E-state index in [0.29, 0.717) is 24.5 Å². The highest BCUT2D eigenvalue weighted by Crippen LogP contribution is 2.34. The molecule has 0 spiro atoms. The molecular formula is C21H21F3N4O. The molecule has 2 aromatic carbocycles. The number of rotatable bonds is 4. The van der Waals surface area contributed by atoms with Gasteiger partial charge in [-0.05, 0) is 43.2 Å². The summed E-state index contributed by atoms with van der Waals surface area (Å²) in [6.45, 7) is 4.70. The number of nitrogens with one attached hydrogen (secondary N) is 1. The molecule has 0 unspecified atom stereocenters. The number of nitrogens with zero attached hydrogens (tertiary/aromatic N) is 3. The number of hydrogen-bond donors (Lipinski definition) is 2. The van der Waals surface area contributed by atoms with Gasteiger partial charge in [-0.25, -0.2) is 0 Å². The van der Waals surface area contributed by atoms with Gasteiger partial charge in [-0.2, -0.15) is 18.3 Å². The summed E-state index contributed by atoms with van der Waals surface area (Å²) >= 11 is 0. The molecule has 5 nitrogen and oxygen atoms in total. The molecule has 4 rings (SSSR count). The molecule has 2 heterocycles. The maximum atomic E-state index is 13.2. The molecule has 0 amide bonds. The zero-order valence-electron chi connectivity index (χ0n) is 16.1. The van der Waals surface area contributed by atoms with E-state index in [-0.39, 0.29) is 18.2 Å². The number of β-amino-alcohol motifs (C(OH)–C–C–N with tert-alkyl or cyclic N) is 1. The molecule has 1 saturated heterocycles. The van der Waals surface area contributed by atoms with Crippen molar-refractivity contribution in [3.63, 3.8) is 0 Å². The Labute approximate surface area is 166 Å². The van der Waals surface area contributed by atoms with Crippen LogP contribution in [0.3, 0.4) is 0 Å². The summed E-state index contributed by atoms with van der Waals surface area (Å²) < 4.78 is 39.5. The molecule has 1 fully saturated rings. The first kappa shape index (κ1) is 19.4. The third-order valence-electron chi connectivity index (χ3n) is 5.37. The fourth-order valence-electron chi connectivity index (χ4n) is 3.63. The molecule has 0 radical (unpaired) electrons. The highest BCUT2D eigenvalue weighted by atomic mass is 19.4. The van der Waals surface area contributed by atoms with E-state index in [1.807, 2.05) is 25.1 Å². The van der Waals surface area contributed by atoms with Crippen LogP contribution in [0.5, 0.6) is 0 Å². The third-order valence-corrected chi connectivity index (χ3v) is 5.37.